The van der Waals surface area contributed by atoms with Crippen LogP contribution in [0, 0.1) is 11.3 Å². The molecular formula is C11H21NO2. The van der Waals surface area contributed by atoms with Crippen molar-refractivity contribution in [3.05, 3.63) is 0 Å². The van der Waals surface area contributed by atoms with Crippen LogP contribution in [-0.4, -0.2) is 39.5 Å². The van der Waals surface area contributed by atoms with Gasteiger partial charge in [0.15, 0.2) is 0 Å². The van der Waals surface area contributed by atoms with E-state index in [0.717, 1.165) is 32.3 Å². The lowest BCUT2D eigenvalue weighted by molar-refractivity contribution is -0.101. The Balaban J connectivity index is 1.70. The zero-order chi connectivity index (χ0) is 10.0. The zero-order valence-electron chi connectivity index (χ0n) is 9.21. The molecule has 2 aliphatic rings. The average Bonchev–Trinajstić information content (AvgIpc) is 2.92. The van der Waals surface area contributed by atoms with Gasteiger partial charge in [0.1, 0.15) is 0 Å². The number of rotatable bonds is 6. The van der Waals surface area contributed by atoms with E-state index in [1.807, 2.05) is 0 Å². The fourth-order valence-electron chi connectivity index (χ4n) is 1.97. The average molecular weight is 199 g/mol. The summed E-state index contributed by atoms with van der Waals surface area (Å²) in [5.74, 6) is 0.861. The monoisotopic (exact) mass is 199 g/mol. The summed E-state index contributed by atoms with van der Waals surface area (Å²) in [6.45, 7) is 6.01. The van der Waals surface area contributed by atoms with Crippen LogP contribution in [0.5, 0.6) is 0 Å². The molecule has 1 heterocycles. The topological polar surface area (TPSA) is 30.5 Å². The number of nitrogens with one attached hydrogen (secondary N) is 1. The van der Waals surface area contributed by atoms with Crippen molar-refractivity contribution < 1.29 is 9.47 Å². The Morgan fingerprint density at radius 2 is 2.21 bits per heavy atom. The molecule has 3 heteroatoms. The van der Waals surface area contributed by atoms with E-state index in [1.165, 1.54) is 12.8 Å². The molecule has 2 rings (SSSR count). The number of hydrogen-bond acceptors (Lipinski definition) is 3. The largest absolute Gasteiger partial charge is 0.383 e. The Kier molecular flexibility index (Phi) is 3.10. The molecule has 1 saturated heterocycles. The first kappa shape index (κ1) is 10.4. The summed E-state index contributed by atoms with van der Waals surface area (Å²) in [5.41, 5.74) is 0.376. The highest BCUT2D eigenvalue weighted by atomic mass is 16.5. The third-order valence-electron chi connectivity index (χ3n) is 3.23. The Hall–Kier alpha value is -0.120. The van der Waals surface area contributed by atoms with Crippen molar-refractivity contribution in [2.45, 2.75) is 25.8 Å². The highest BCUT2D eigenvalue weighted by molar-refractivity contribution is 4.90. The van der Waals surface area contributed by atoms with Crippen molar-refractivity contribution in [2.75, 3.05) is 33.5 Å². The fraction of sp³-hybridized carbons (Fsp3) is 1.00. The second-order valence-corrected chi connectivity index (χ2v) is 5.08. The van der Waals surface area contributed by atoms with E-state index in [1.54, 1.807) is 7.11 Å². The molecule has 1 saturated carbocycles. The molecule has 14 heavy (non-hydrogen) atoms. The minimum absolute atomic E-state index is 0.376. The smallest absolute Gasteiger partial charge is 0.0618 e. The van der Waals surface area contributed by atoms with E-state index in [9.17, 15) is 0 Å². The predicted octanol–water partition coefficient (Wildman–Crippen LogP) is 1.04. The lowest BCUT2D eigenvalue weighted by atomic mass is 9.88. The second-order valence-electron chi connectivity index (χ2n) is 5.08. The molecule has 1 aliphatic carbocycles. The van der Waals surface area contributed by atoms with Crippen LogP contribution in [0.3, 0.4) is 0 Å². The first-order valence-electron chi connectivity index (χ1n) is 5.54. The van der Waals surface area contributed by atoms with E-state index in [2.05, 4.69) is 12.2 Å². The van der Waals surface area contributed by atoms with Crippen LogP contribution >= 0.6 is 0 Å². The van der Waals surface area contributed by atoms with Crippen LogP contribution in [0.1, 0.15) is 19.8 Å². The van der Waals surface area contributed by atoms with Gasteiger partial charge in [-0.2, -0.15) is 0 Å². The van der Waals surface area contributed by atoms with Gasteiger partial charge in [-0.1, -0.05) is 6.92 Å². The molecular weight excluding hydrogens is 178 g/mol. The first-order valence-corrected chi connectivity index (χ1v) is 5.54. The maximum absolute atomic E-state index is 5.23. The van der Waals surface area contributed by atoms with Crippen molar-refractivity contribution >= 4 is 0 Å². The third kappa shape index (κ3) is 2.47. The number of hydrogen-bond donors (Lipinski definition) is 1. The molecule has 0 aromatic carbocycles. The summed E-state index contributed by atoms with van der Waals surface area (Å²) in [6, 6.07) is 0.567. The molecule has 82 valence electrons. The van der Waals surface area contributed by atoms with Crippen LogP contribution in [0.4, 0.5) is 0 Å². The molecule has 0 aromatic rings. The lowest BCUT2D eigenvalue weighted by Crippen LogP contribution is -2.50. The van der Waals surface area contributed by atoms with Crippen LogP contribution in [0.15, 0.2) is 0 Å². The maximum atomic E-state index is 5.23. The SMILES string of the molecule is COCC(NCC1(C)COC1)C1CC1. The summed E-state index contributed by atoms with van der Waals surface area (Å²) in [4.78, 5) is 0. The molecule has 0 amide bonds. The lowest BCUT2D eigenvalue weighted by Gasteiger charge is -2.39. The fourth-order valence-corrected chi connectivity index (χ4v) is 1.97. The molecule has 0 radical (unpaired) electrons. The molecule has 2 fully saturated rings. The van der Waals surface area contributed by atoms with Gasteiger partial charge in [-0.05, 0) is 18.8 Å². The van der Waals surface area contributed by atoms with Gasteiger partial charge in [0.2, 0.25) is 0 Å². The van der Waals surface area contributed by atoms with E-state index in [-0.39, 0.29) is 0 Å². The van der Waals surface area contributed by atoms with E-state index < -0.39 is 0 Å². The summed E-state index contributed by atoms with van der Waals surface area (Å²) in [6.07, 6.45) is 2.74. The van der Waals surface area contributed by atoms with Crippen LogP contribution < -0.4 is 5.32 Å². The van der Waals surface area contributed by atoms with Crippen molar-refractivity contribution in [1.82, 2.24) is 5.32 Å². The molecule has 0 bridgehead atoms. The van der Waals surface area contributed by atoms with E-state index in [0.29, 0.717) is 11.5 Å². The molecule has 0 spiro atoms. The number of methoxy groups -OCH3 is 1. The Labute approximate surface area is 86.2 Å². The highest BCUT2D eigenvalue weighted by Gasteiger charge is 2.36. The van der Waals surface area contributed by atoms with Crippen LogP contribution in [0.2, 0.25) is 0 Å². The summed E-state index contributed by atoms with van der Waals surface area (Å²) >= 11 is 0. The van der Waals surface area contributed by atoms with Crippen molar-refractivity contribution in [3.8, 4) is 0 Å². The minimum atomic E-state index is 0.376. The quantitative estimate of drug-likeness (QED) is 0.693. The highest BCUT2D eigenvalue weighted by Crippen LogP contribution is 2.33. The Bertz CT molecular complexity index is 188. The second kappa shape index (κ2) is 4.17. The molecule has 1 unspecified atom stereocenters. The summed E-state index contributed by atoms with van der Waals surface area (Å²) in [5, 5.41) is 3.62. The first-order chi connectivity index (χ1) is 6.73. The predicted molar refractivity (Wildman–Crippen MR) is 55.3 cm³/mol. The van der Waals surface area contributed by atoms with Crippen LogP contribution in [0.25, 0.3) is 0 Å². The van der Waals surface area contributed by atoms with Gasteiger partial charge in [-0.3, -0.25) is 0 Å². The maximum Gasteiger partial charge on any atom is 0.0618 e. The van der Waals surface area contributed by atoms with Gasteiger partial charge < -0.3 is 14.8 Å². The minimum Gasteiger partial charge on any atom is -0.383 e. The standard InChI is InChI=1S/C11H21NO2/c1-11(7-14-8-11)6-12-10(5-13-2)9-3-4-9/h9-10,12H,3-8H2,1-2H3. The van der Waals surface area contributed by atoms with Gasteiger partial charge in [0, 0.05) is 25.1 Å². The van der Waals surface area contributed by atoms with Crippen molar-refractivity contribution in [1.29, 1.82) is 0 Å². The van der Waals surface area contributed by atoms with Gasteiger partial charge in [0.05, 0.1) is 19.8 Å². The molecule has 1 N–H and O–H groups in total. The molecule has 0 aromatic heterocycles. The van der Waals surface area contributed by atoms with Crippen molar-refractivity contribution in [3.63, 3.8) is 0 Å². The Morgan fingerprint density at radius 1 is 1.50 bits per heavy atom. The van der Waals surface area contributed by atoms with Gasteiger partial charge in [0.25, 0.3) is 0 Å². The van der Waals surface area contributed by atoms with E-state index in [4.69, 9.17) is 9.47 Å². The summed E-state index contributed by atoms with van der Waals surface area (Å²) in [7, 11) is 1.78. The van der Waals surface area contributed by atoms with Gasteiger partial charge in [-0.25, -0.2) is 0 Å². The van der Waals surface area contributed by atoms with Crippen molar-refractivity contribution in [2.24, 2.45) is 11.3 Å². The van der Waals surface area contributed by atoms with Gasteiger partial charge in [-0.15, -0.1) is 0 Å². The normalized spacial score (nSPS) is 27.0. The van der Waals surface area contributed by atoms with Gasteiger partial charge >= 0.3 is 0 Å². The molecule has 1 atom stereocenters. The number of ether oxygens (including phenoxy) is 2. The zero-order valence-corrected chi connectivity index (χ0v) is 9.21. The van der Waals surface area contributed by atoms with Crippen LogP contribution in [-0.2, 0) is 9.47 Å². The summed E-state index contributed by atoms with van der Waals surface area (Å²) < 4.78 is 10.5. The Morgan fingerprint density at radius 3 is 2.64 bits per heavy atom. The molecule has 1 aliphatic heterocycles. The third-order valence-corrected chi connectivity index (χ3v) is 3.23. The van der Waals surface area contributed by atoms with E-state index >= 15 is 0 Å². The molecule has 3 nitrogen and oxygen atoms in total.